The first-order valence-corrected chi connectivity index (χ1v) is 6.18. The zero-order valence-corrected chi connectivity index (χ0v) is 9.92. The molecule has 0 aromatic rings. The summed E-state index contributed by atoms with van der Waals surface area (Å²) in [4.78, 5) is 0. The van der Waals surface area contributed by atoms with Crippen LogP contribution < -0.4 is 10.6 Å². The maximum atomic E-state index is 4.89. The molecule has 0 aromatic heterocycles. The van der Waals surface area contributed by atoms with Crippen LogP contribution in [0.25, 0.3) is 0 Å². The van der Waals surface area contributed by atoms with Gasteiger partial charge >= 0.3 is 0 Å². The Balaban J connectivity index is 2.25. The van der Waals surface area contributed by atoms with Gasteiger partial charge in [0.1, 0.15) is 0 Å². The Morgan fingerprint density at radius 2 is 1.93 bits per heavy atom. The lowest BCUT2D eigenvalue weighted by atomic mass is 10.2. The molecule has 14 heavy (non-hydrogen) atoms. The molecule has 1 radical (unpaired) electrons. The topological polar surface area (TPSA) is 26.1 Å². The van der Waals surface area contributed by atoms with Gasteiger partial charge in [-0.15, -0.1) is 0 Å². The molecule has 1 saturated carbocycles. The van der Waals surface area contributed by atoms with Crippen molar-refractivity contribution in [3.05, 3.63) is 0 Å². The van der Waals surface area contributed by atoms with Crippen molar-refractivity contribution < 1.29 is 0 Å². The zero-order chi connectivity index (χ0) is 10.4. The van der Waals surface area contributed by atoms with Crippen LogP contribution in [-0.4, -0.2) is 18.2 Å². The van der Waals surface area contributed by atoms with E-state index in [1.54, 1.807) is 0 Å². The van der Waals surface area contributed by atoms with Crippen molar-refractivity contribution in [3.63, 3.8) is 0 Å². The summed E-state index contributed by atoms with van der Waals surface area (Å²) in [5.41, 5.74) is 0. The highest BCUT2D eigenvalue weighted by Gasteiger charge is 2.20. The number of hydrogen-bond acceptors (Lipinski definition) is 1. The number of hydrogen-bond donors (Lipinski definition) is 1. The van der Waals surface area contributed by atoms with Crippen LogP contribution in [0.5, 0.6) is 0 Å². The SMILES string of the molecule is CCCC([N]C1CCCC1)NC(C)C. The molecule has 83 valence electrons. The second-order valence-corrected chi connectivity index (χ2v) is 4.71. The van der Waals surface area contributed by atoms with Gasteiger partial charge in [0.05, 0.1) is 6.17 Å². The van der Waals surface area contributed by atoms with E-state index in [-0.39, 0.29) is 0 Å². The van der Waals surface area contributed by atoms with Crippen LogP contribution in [0.15, 0.2) is 0 Å². The summed E-state index contributed by atoms with van der Waals surface area (Å²) < 4.78 is 0. The predicted molar refractivity (Wildman–Crippen MR) is 61.4 cm³/mol. The van der Waals surface area contributed by atoms with Crippen molar-refractivity contribution in [1.29, 1.82) is 0 Å². The average Bonchev–Trinajstić information content (AvgIpc) is 2.56. The standard InChI is InChI=1S/C12H25N2/c1-4-7-12(13-10(2)3)14-11-8-5-6-9-11/h10-13H,4-9H2,1-3H3. The molecule has 0 aromatic carbocycles. The Labute approximate surface area is 88.8 Å². The summed E-state index contributed by atoms with van der Waals surface area (Å²) in [7, 11) is 0. The van der Waals surface area contributed by atoms with Crippen LogP contribution in [0.2, 0.25) is 0 Å². The van der Waals surface area contributed by atoms with E-state index in [1.807, 2.05) is 0 Å². The van der Waals surface area contributed by atoms with Gasteiger partial charge in [0, 0.05) is 12.1 Å². The lowest BCUT2D eigenvalue weighted by Crippen LogP contribution is -2.44. The van der Waals surface area contributed by atoms with Gasteiger partial charge < -0.3 is 0 Å². The average molecular weight is 197 g/mol. The highest BCUT2D eigenvalue weighted by molar-refractivity contribution is 4.77. The third-order valence-corrected chi connectivity index (χ3v) is 2.80. The van der Waals surface area contributed by atoms with Crippen molar-refractivity contribution >= 4 is 0 Å². The first-order valence-electron chi connectivity index (χ1n) is 6.18. The molecule has 1 unspecified atom stereocenters. The molecule has 0 aliphatic heterocycles. The molecule has 1 atom stereocenters. The maximum Gasteiger partial charge on any atom is 0.0740 e. The lowest BCUT2D eigenvalue weighted by molar-refractivity contribution is 0.323. The van der Waals surface area contributed by atoms with Crippen molar-refractivity contribution in [2.45, 2.75) is 77.5 Å². The molecule has 1 aliphatic carbocycles. The van der Waals surface area contributed by atoms with Gasteiger partial charge in [0.15, 0.2) is 0 Å². The third kappa shape index (κ3) is 4.43. The van der Waals surface area contributed by atoms with E-state index in [0.29, 0.717) is 18.2 Å². The maximum absolute atomic E-state index is 4.89. The van der Waals surface area contributed by atoms with Gasteiger partial charge in [-0.05, 0) is 33.1 Å². The minimum atomic E-state index is 0.406. The van der Waals surface area contributed by atoms with Crippen LogP contribution >= 0.6 is 0 Å². The van der Waals surface area contributed by atoms with Crippen LogP contribution in [0.4, 0.5) is 0 Å². The van der Waals surface area contributed by atoms with Gasteiger partial charge in [-0.2, -0.15) is 0 Å². The Hall–Kier alpha value is -0.0800. The van der Waals surface area contributed by atoms with Crippen LogP contribution in [0, 0.1) is 0 Å². The van der Waals surface area contributed by atoms with Gasteiger partial charge in [-0.1, -0.05) is 26.2 Å². The number of nitrogens with one attached hydrogen (secondary N) is 1. The second-order valence-electron chi connectivity index (χ2n) is 4.71. The molecule has 2 heteroatoms. The molecular formula is C12H25N2. The van der Waals surface area contributed by atoms with E-state index in [2.05, 4.69) is 26.1 Å². The zero-order valence-electron chi connectivity index (χ0n) is 9.92. The molecular weight excluding hydrogens is 172 g/mol. The van der Waals surface area contributed by atoms with Crippen LogP contribution in [0.1, 0.15) is 59.3 Å². The van der Waals surface area contributed by atoms with Crippen molar-refractivity contribution in [3.8, 4) is 0 Å². The highest BCUT2D eigenvalue weighted by Crippen LogP contribution is 2.19. The Kier molecular flexibility index (Phi) is 5.49. The molecule has 0 amide bonds. The fourth-order valence-corrected chi connectivity index (χ4v) is 2.17. The minimum Gasteiger partial charge on any atom is -0.298 e. The molecule has 1 fully saturated rings. The van der Waals surface area contributed by atoms with E-state index < -0.39 is 0 Å². The molecule has 2 nitrogen and oxygen atoms in total. The monoisotopic (exact) mass is 197 g/mol. The van der Waals surface area contributed by atoms with Gasteiger partial charge in [-0.25, -0.2) is 5.32 Å². The van der Waals surface area contributed by atoms with Crippen LogP contribution in [0.3, 0.4) is 0 Å². The number of nitrogens with zero attached hydrogens (tertiary/aromatic N) is 1. The van der Waals surface area contributed by atoms with Gasteiger partial charge in [0.25, 0.3) is 0 Å². The van der Waals surface area contributed by atoms with E-state index in [0.717, 1.165) is 0 Å². The second kappa shape index (κ2) is 6.41. The summed E-state index contributed by atoms with van der Waals surface area (Å²) in [6, 6.07) is 1.20. The highest BCUT2D eigenvalue weighted by atomic mass is 15.1. The summed E-state index contributed by atoms with van der Waals surface area (Å²) in [5.74, 6) is 0. The first-order chi connectivity index (χ1) is 6.72. The Morgan fingerprint density at radius 3 is 2.43 bits per heavy atom. The summed E-state index contributed by atoms with van der Waals surface area (Å²) in [6.45, 7) is 6.64. The molecule has 0 bridgehead atoms. The first kappa shape index (κ1) is 12.0. The van der Waals surface area contributed by atoms with Crippen molar-refractivity contribution in [1.82, 2.24) is 10.6 Å². The van der Waals surface area contributed by atoms with E-state index in [4.69, 9.17) is 5.32 Å². The number of rotatable bonds is 6. The Morgan fingerprint density at radius 1 is 1.29 bits per heavy atom. The smallest absolute Gasteiger partial charge is 0.0740 e. The van der Waals surface area contributed by atoms with E-state index in [9.17, 15) is 0 Å². The molecule has 0 saturated heterocycles. The van der Waals surface area contributed by atoms with Crippen molar-refractivity contribution in [2.24, 2.45) is 0 Å². The van der Waals surface area contributed by atoms with Gasteiger partial charge in [0.2, 0.25) is 0 Å². The van der Waals surface area contributed by atoms with E-state index in [1.165, 1.54) is 38.5 Å². The quantitative estimate of drug-likeness (QED) is 0.696. The Bertz CT molecular complexity index is 139. The van der Waals surface area contributed by atoms with Crippen molar-refractivity contribution in [2.75, 3.05) is 0 Å². The molecule has 1 rings (SSSR count). The molecule has 1 aliphatic rings. The largest absolute Gasteiger partial charge is 0.298 e. The predicted octanol–water partition coefficient (Wildman–Crippen LogP) is 2.66. The fourth-order valence-electron chi connectivity index (χ4n) is 2.17. The van der Waals surface area contributed by atoms with Crippen LogP contribution in [-0.2, 0) is 0 Å². The fraction of sp³-hybridized carbons (Fsp3) is 1.00. The third-order valence-electron chi connectivity index (χ3n) is 2.80. The minimum absolute atomic E-state index is 0.406. The molecule has 0 spiro atoms. The summed E-state index contributed by atoms with van der Waals surface area (Å²) >= 11 is 0. The van der Waals surface area contributed by atoms with Gasteiger partial charge in [-0.3, -0.25) is 5.32 Å². The molecule has 1 N–H and O–H groups in total. The van der Waals surface area contributed by atoms with E-state index >= 15 is 0 Å². The lowest BCUT2D eigenvalue weighted by Gasteiger charge is -2.23. The summed E-state index contributed by atoms with van der Waals surface area (Å²) in [5, 5.41) is 8.44. The normalized spacial score (nSPS) is 20.6. The molecule has 0 heterocycles. The summed E-state index contributed by atoms with van der Waals surface area (Å²) in [6.07, 6.45) is 8.22.